The lowest BCUT2D eigenvalue weighted by Crippen LogP contribution is -2.30. The number of carbonyl (C=O) groups excluding carboxylic acids is 2. The standard InChI is InChI=1S/C23H25NO4S/c1-3-4-10-24-19(22-14(2)9-12-29-22)18(21(26)23(24)27)20(25)16-7-8-17-15(13-16)6-5-11-28-17/h7-9,12-13,19,25H,3-6,10-11H2,1-2H3/b20-18-. The molecule has 1 amide bonds. The van der Waals surface area contributed by atoms with Crippen LogP contribution < -0.4 is 4.74 Å². The van der Waals surface area contributed by atoms with Crippen LogP contribution in [0, 0.1) is 6.92 Å². The maximum Gasteiger partial charge on any atom is 0.295 e. The van der Waals surface area contributed by atoms with Crippen molar-refractivity contribution >= 4 is 28.8 Å². The number of hydrogen-bond donors (Lipinski definition) is 1. The number of thiophene rings is 1. The van der Waals surface area contributed by atoms with Gasteiger partial charge in [0.1, 0.15) is 11.5 Å². The number of ketones is 1. The van der Waals surface area contributed by atoms with Crippen LogP contribution in [-0.4, -0.2) is 34.8 Å². The van der Waals surface area contributed by atoms with Gasteiger partial charge in [-0.1, -0.05) is 13.3 Å². The molecule has 1 fully saturated rings. The summed E-state index contributed by atoms with van der Waals surface area (Å²) in [5.41, 5.74) is 2.78. The quantitative estimate of drug-likeness (QED) is 0.443. The van der Waals surface area contributed by atoms with Gasteiger partial charge in [0, 0.05) is 17.0 Å². The molecule has 5 nitrogen and oxygen atoms in total. The molecule has 0 bridgehead atoms. The number of hydrogen-bond acceptors (Lipinski definition) is 5. The van der Waals surface area contributed by atoms with E-state index in [1.807, 2.05) is 30.5 Å². The predicted molar refractivity (Wildman–Crippen MR) is 113 cm³/mol. The number of unbranched alkanes of at least 4 members (excludes halogenated alkanes) is 1. The molecule has 3 heterocycles. The Balaban J connectivity index is 1.83. The van der Waals surface area contributed by atoms with E-state index in [0.717, 1.165) is 47.4 Å². The van der Waals surface area contributed by atoms with E-state index in [1.165, 1.54) is 11.3 Å². The Bertz CT molecular complexity index is 991. The van der Waals surface area contributed by atoms with E-state index in [2.05, 4.69) is 6.92 Å². The highest BCUT2D eigenvalue weighted by atomic mass is 32.1. The first-order valence-corrected chi connectivity index (χ1v) is 11.0. The molecule has 0 saturated carbocycles. The monoisotopic (exact) mass is 411 g/mol. The zero-order valence-electron chi connectivity index (χ0n) is 16.7. The highest BCUT2D eigenvalue weighted by Crippen LogP contribution is 2.43. The van der Waals surface area contributed by atoms with Gasteiger partial charge in [-0.15, -0.1) is 11.3 Å². The molecule has 1 atom stereocenters. The number of rotatable bonds is 5. The number of carbonyl (C=O) groups is 2. The van der Waals surface area contributed by atoms with Gasteiger partial charge in [-0.25, -0.2) is 0 Å². The highest BCUT2D eigenvalue weighted by Gasteiger charge is 2.46. The van der Waals surface area contributed by atoms with Gasteiger partial charge in [0.15, 0.2) is 0 Å². The maximum atomic E-state index is 13.0. The van der Waals surface area contributed by atoms with Gasteiger partial charge >= 0.3 is 0 Å². The molecule has 1 saturated heterocycles. The van der Waals surface area contributed by atoms with E-state index in [9.17, 15) is 14.7 Å². The number of likely N-dealkylation sites (tertiary alicyclic amines) is 1. The first-order valence-electron chi connectivity index (χ1n) is 10.1. The number of fused-ring (bicyclic) bond motifs is 1. The van der Waals surface area contributed by atoms with Crippen LogP contribution >= 0.6 is 11.3 Å². The van der Waals surface area contributed by atoms with Crippen molar-refractivity contribution in [2.24, 2.45) is 0 Å². The third-order valence-electron chi connectivity index (χ3n) is 5.62. The second-order valence-electron chi connectivity index (χ2n) is 7.59. The molecule has 4 rings (SSSR count). The van der Waals surface area contributed by atoms with E-state index in [1.54, 1.807) is 11.0 Å². The second-order valence-corrected chi connectivity index (χ2v) is 8.54. The van der Waals surface area contributed by atoms with Crippen molar-refractivity contribution in [1.29, 1.82) is 0 Å². The van der Waals surface area contributed by atoms with Crippen LogP contribution in [0.1, 0.15) is 53.8 Å². The van der Waals surface area contributed by atoms with Gasteiger partial charge in [0.25, 0.3) is 11.7 Å². The van der Waals surface area contributed by atoms with Crippen molar-refractivity contribution in [2.75, 3.05) is 13.2 Å². The Labute approximate surface area is 174 Å². The number of aryl methyl sites for hydroxylation is 2. The third-order valence-corrected chi connectivity index (χ3v) is 6.70. The molecular formula is C23H25NO4S. The molecule has 0 aliphatic carbocycles. The van der Waals surface area contributed by atoms with Crippen LogP contribution in [0.4, 0.5) is 0 Å². The molecule has 2 aliphatic rings. The van der Waals surface area contributed by atoms with Crippen LogP contribution in [0.5, 0.6) is 5.75 Å². The highest BCUT2D eigenvalue weighted by molar-refractivity contribution is 7.10. The second kappa shape index (κ2) is 8.03. The summed E-state index contributed by atoms with van der Waals surface area (Å²) in [6.45, 7) is 5.22. The summed E-state index contributed by atoms with van der Waals surface area (Å²) >= 11 is 1.52. The molecule has 6 heteroatoms. The fourth-order valence-corrected chi connectivity index (χ4v) is 5.09. The van der Waals surface area contributed by atoms with Crippen molar-refractivity contribution < 1.29 is 19.4 Å². The molecule has 29 heavy (non-hydrogen) atoms. The molecule has 2 aromatic rings. The molecule has 0 spiro atoms. The summed E-state index contributed by atoms with van der Waals surface area (Å²) in [6.07, 6.45) is 3.52. The topological polar surface area (TPSA) is 66.8 Å². The maximum absolute atomic E-state index is 13.0. The first-order chi connectivity index (χ1) is 14.0. The lowest BCUT2D eigenvalue weighted by molar-refractivity contribution is -0.139. The minimum Gasteiger partial charge on any atom is -0.507 e. The van der Waals surface area contributed by atoms with Crippen molar-refractivity contribution in [3.8, 4) is 5.75 Å². The van der Waals surface area contributed by atoms with Crippen LogP contribution in [0.2, 0.25) is 0 Å². The lowest BCUT2D eigenvalue weighted by Gasteiger charge is -2.25. The molecule has 1 aromatic carbocycles. The number of Topliss-reactive ketones (excluding diaryl/α,β-unsaturated/α-hetero) is 1. The van der Waals surface area contributed by atoms with Crippen LogP contribution in [0.25, 0.3) is 5.76 Å². The number of ether oxygens (including phenoxy) is 1. The van der Waals surface area contributed by atoms with Gasteiger partial charge in [-0.05, 0) is 67.0 Å². The van der Waals surface area contributed by atoms with Gasteiger partial charge < -0.3 is 14.7 Å². The minimum atomic E-state index is -0.606. The summed E-state index contributed by atoms with van der Waals surface area (Å²) in [6, 6.07) is 6.92. The van der Waals surface area contributed by atoms with Crippen LogP contribution in [0.3, 0.4) is 0 Å². The van der Waals surface area contributed by atoms with Crippen LogP contribution in [0.15, 0.2) is 35.2 Å². The Hall–Kier alpha value is -2.60. The van der Waals surface area contributed by atoms with E-state index in [4.69, 9.17) is 4.74 Å². The predicted octanol–water partition coefficient (Wildman–Crippen LogP) is 4.60. The Morgan fingerprint density at radius 2 is 2.14 bits per heavy atom. The molecule has 0 radical (unpaired) electrons. The molecule has 1 unspecified atom stereocenters. The summed E-state index contributed by atoms with van der Waals surface area (Å²) in [5.74, 6) is -0.417. The van der Waals surface area contributed by atoms with Gasteiger partial charge in [-0.3, -0.25) is 9.59 Å². The van der Waals surface area contributed by atoms with Crippen molar-refractivity contribution in [3.63, 3.8) is 0 Å². The summed E-state index contributed by atoms with van der Waals surface area (Å²) < 4.78 is 5.65. The first kappa shape index (κ1) is 19.7. The third kappa shape index (κ3) is 3.46. The Morgan fingerprint density at radius 3 is 2.86 bits per heavy atom. The zero-order valence-corrected chi connectivity index (χ0v) is 17.6. The Morgan fingerprint density at radius 1 is 1.31 bits per heavy atom. The van der Waals surface area contributed by atoms with E-state index in [0.29, 0.717) is 18.7 Å². The largest absolute Gasteiger partial charge is 0.507 e. The lowest BCUT2D eigenvalue weighted by atomic mass is 9.96. The molecule has 152 valence electrons. The van der Waals surface area contributed by atoms with Gasteiger partial charge in [0.2, 0.25) is 0 Å². The fourth-order valence-electron chi connectivity index (χ4n) is 4.04. The molecule has 2 aliphatic heterocycles. The number of aliphatic hydroxyl groups excluding tert-OH is 1. The van der Waals surface area contributed by atoms with E-state index < -0.39 is 17.7 Å². The van der Waals surface area contributed by atoms with Gasteiger partial charge in [0.05, 0.1) is 18.2 Å². The molecule has 1 N–H and O–H groups in total. The number of benzene rings is 1. The van der Waals surface area contributed by atoms with Crippen molar-refractivity contribution in [1.82, 2.24) is 4.90 Å². The number of nitrogens with zero attached hydrogens (tertiary/aromatic N) is 1. The van der Waals surface area contributed by atoms with E-state index in [-0.39, 0.29) is 11.3 Å². The smallest absolute Gasteiger partial charge is 0.295 e. The summed E-state index contributed by atoms with van der Waals surface area (Å²) in [4.78, 5) is 28.3. The number of aliphatic hydroxyl groups is 1. The van der Waals surface area contributed by atoms with Crippen molar-refractivity contribution in [2.45, 2.75) is 45.6 Å². The van der Waals surface area contributed by atoms with E-state index >= 15 is 0 Å². The normalized spacial score (nSPS) is 20.6. The summed E-state index contributed by atoms with van der Waals surface area (Å²) in [7, 11) is 0. The van der Waals surface area contributed by atoms with Gasteiger partial charge in [-0.2, -0.15) is 0 Å². The molecule has 1 aromatic heterocycles. The number of amides is 1. The summed E-state index contributed by atoms with van der Waals surface area (Å²) in [5, 5.41) is 13.1. The van der Waals surface area contributed by atoms with Crippen molar-refractivity contribution in [3.05, 3.63) is 56.8 Å². The molecular weight excluding hydrogens is 386 g/mol. The zero-order chi connectivity index (χ0) is 20.5. The SMILES string of the molecule is CCCCN1C(=O)C(=O)/C(=C(\O)c2ccc3c(c2)CCCO3)C1c1sccc1C. The van der Waals surface area contributed by atoms with Crippen LogP contribution in [-0.2, 0) is 16.0 Å². The average molecular weight is 412 g/mol. The Kier molecular flexibility index (Phi) is 5.46. The minimum absolute atomic E-state index is 0.103. The average Bonchev–Trinajstić information content (AvgIpc) is 3.26. The fraction of sp³-hybridized carbons (Fsp3) is 0.391.